The highest BCUT2D eigenvalue weighted by Gasteiger charge is 2.30. The van der Waals surface area contributed by atoms with Crippen molar-refractivity contribution in [3.8, 4) is 0 Å². The van der Waals surface area contributed by atoms with E-state index in [0.29, 0.717) is 25.7 Å². The largest absolute Gasteiger partial charge is 0.481 e. The Hall–Kier alpha value is -2.12. The molecule has 2 N–H and O–H groups in total. The van der Waals surface area contributed by atoms with E-state index in [1.165, 1.54) is 0 Å². The van der Waals surface area contributed by atoms with Crippen LogP contribution in [0.15, 0.2) is 6.07 Å². The van der Waals surface area contributed by atoms with Crippen LogP contribution in [0.5, 0.6) is 0 Å². The summed E-state index contributed by atoms with van der Waals surface area (Å²) < 4.78 is 53.1. The zero-order valence-electron chi connectivity index (χ0n) is 11.3. The molecule has 0 saturated heterocycles. The first-order valence-electron chi connectivity index (χ1n) is 6.68. The lowest BCUT2D eigenvalue weighted by atomic mass is 9.86. The van der Waals surface area contributed by atoms with Crippen LogP contribution in [-0.4, -0.2) is 23.0 Å². The molecule has 4 nitrogen and oxygen atoms in total. The van der Waals surface area contributed by atoms with Crippen LogP contribution < -0.4 is 5.32 Å². The summed E-state index contributed by atoms with van der Waals surface area (Å²) in [5.74, 6) is -9.53. The normalized spacial score (nSPS) is 21.5. The van der Waals surface area contributed by atoms with Gasteiger partial charge in [0.05, 0.1) is 5.92 Å². The fourth-order valence-corrected chi connectivity index (χ4v) is 2.51. The third-order valence-electron chi connectivity index (χ3n) is 3.75. The molecule has 22 heavy (non-hydrogen) atoms. The number of rotatable bonds is 3. The average molecular weight is 319 g/mol. The van der Waals surface area contributed by atoms with Gasteiger partial charge in [0.25, 0.3) is 5.91 Å². The molecule has 120 valence electrons. The Bertz CT molecular complexity index is 586. The van der Waals surface area contributed by atoms with Gasteiger partial charge in [-0.25, -0.2) is 17.6 Å². The van der Waals surface area contributed by atoms with Crippen LogP contribution in [0.1, 0.15) is 36.0 Å². The molecule has 0 aliphatic heterocycles. The van der Waals surface area contributed by atoms with E-state index in [1.807, 2.05) is 0 Å². The fraction of sp³-hybridized carbons (Fsp3) is 0.429. The number of amides is 1. The van der Waals surface area contributed by atoms with Crippen LogP contribution in [0.4, 0.5) is 17.6 Å². The summed E-state index contributed by atoms with van der Waals surface area (Å²) in [7, 11) is 0. The van der Waals surface area contributed by atoms with Gasteiger partial charge in [-0.3, -0.25) is 9.59 Å². The molecule has 2 rings (SSSR count). The highest BCUT2D eigenvalue weighted by molar-refractivity contribution is 5.95. The second-order valence-electron chi connectivity index (χ2n) is 5.20. The van der Waals surface area contributed by atoms with Crippen molar-refractivity contribution in [3.05, 3.63) is 34.9 Å². The molecule has 0 radical (unpaired) electrons. The van der Waals surface area contributed by atoms with Crippen molar-refractivity contribution in [1.29, 1.82) is 0 Å². The molecule has 0 unspecified atom stereocenters. The standard InChI is InChI=1S/C14H13F4NO3/c15-8-5-9(16)12(18)10(11(8)17)13(20)19-7-3-1-6(2-4-7)14(21)22/h5-7H,1-4H2,(H,19,20)(H,21,22). The Balaban J connectivity index is 2.10. The Labute approximate surface area is 123 Å². The molecule has 1 aromatic carbocycles. The summed E-state index contributed by atoms with van der Waals surface area (Å²) in [4.78, 5) is 22.6. The SMILES string of the molecule is O=C(NC1CCC(C(=O)O)CC1)c1c(F)c(F)cc(F)c1F. The number of benzene rings is 1. The number of carbonyl (C=O) groups excluding carboxylic acids is 1. The quantitative estimate of drug-likeness (QED) is 0.665. The minimum Gasteiger partial charge on any atom is -0.481 e. The first kappa shape index (κ1) is 16.3. The van der Waals surface area contributed by atoms with Crippen molar-refractivity contribution >= 4 is 11.9 Å². The van der Waals surface area contributed by atoms with E-state index in [-0.39, 0.29) is 6.07 Å². The van der Waals surface area contributed by atoms with Gasteiger partial charge in [-0.2, -0.15) is 0 Å². The molecule has 0 atom stereocenters. The van der Waals surface area contributed by atoms with E-state index in [1.54, 1.807) is 0 Å². The molecule has 0 bridgehead atoms. The Morgan fingerprint density at radius 2 is 1.50 bits per heavy atom. The molecule has 1 fully saturated rings. The Kier molecular flexibility index (Phi) is 4.68. The molecule has 1 aliphatic carbocycles. The van der Waals surface area contributed by atoms with E-state index in [9.17, 15) is 27.2 Å². The number of carboxylic acid groups (broad SMARTS) is 1. The van der Waals surface area contributed by atoms with Gasteiger partial charge in [-0.05, 0) is 25.7 Å². The van der Waals surface area contributed by atoms with Crippen molar-refractivity contribution in [1.82, 2.24) is 5.32 Å². The summed E-state index contributed by atoms with van der Waals surface area (Å²) in [6, 6.07) is -0.465. The van der Waals surface area contributed by atoms with Crippen molar-refractivity contribution in [2.24, 2.45) is 5.92 Å². The summed E-state index contributed by atoms with van der Waals surface area (Å²) in [6.45, 7) is 0. The number of hydrogen-bond donors (Lipinski definition) is 2. The van der Waals surface area contributed by atoms with Crippen molar-refractivity contribution in [2.45, 2.75) is 31.7 Å². The molecule has 0 heterocycles. The van der Waals surface area contributed by atoms with E-state index in [0.717, 1.165) is 0 Å². The third kappa shape index (κ3) is 3.20. The predicted octanol–water partition coefficient (Wildman–Crippen LogP) is 2.62. The third-order valence-corrected chi connectivity index (χ3v) is 3.75. The fourth-order valence-electron chi connectivity index (χ4n) is 2.51. The van der Waals surface area contributed by atoms with Gasteiger partial charge >= 0.3 is 5.97 Å². The van der Waals surface area contributed by atoms with Crippen molar-refractivity contribution in [3.63, 3.8) is 0 Å². The van der Waals surface area contributed by atoms with Crippen LogP contribution >= 0.6 is 0 Å². The van der Waals surface area contributed by atoms with Gasteiger partial charge in [0, 0.05) is 12.1 Å². The molecule has 0 aromatic heterocycles. The second-order valence-corrected chi connectivity index (χ2v) is 5.20. The summed E-state index contributed by atoms with van der Waals surface area (Å²) in [5.41, 5.74) is -1.31. The lowest BCUT2D eigenvalue weighted by Gasteiger charge is -2.26. The molecule has 1 aliphatic rings. The maximum atomic E-state index is 13.5. The summed E-state index contributed by atoms with van der Waals surface area (Å²) in [5, 5.41) is 11.1. The number of aliphatic carboxylic acids is 1. The first-order chi connectivity index (χ1) is 10.3. The van der Waals surface area contributed by atoms with E-state index in [2.05, 4.69) is 5.32 Å². The smallest absolute Gasteiger partial charge is 0.306 e. The van der Waals surface area contributed by atoms with E-state index in [4.69, 9.17) is 5.11 Å². The summed E-state index contributed by atoms with van der Waals surface area (Å²) >= 11 is 0. The summed E-state index contributed by atoms with van der Waals surface area (Å²) in [6.07, 6.45) is 1.24. The van der Waals surface area contributed by atoms with Crippen LogP contribution in [0.2, 0.25) is 0 Å². The molecule has 8 heteroatoms. The maximum absolute atomic E-state index is 13.5. The van der Waals surface area contributed by atoms with Crippen LogP contribution in [0.25, 0.3) is 0 Å². The Morgan fingerprint density at radius 3 is 1.95 bits per heavy atom. The molecule has 1 aromatic rings. The second kappa shape index (κ2) is 6.33. The van der Waals surface area contributed by atoms with Gasteiger partial charge in [-0.15, -0.1) is 0 Å². The highest BCUT2D eigenvalue weighted by Crippen LogP contribution is 2.25. The lowest BCUT2D eigenvalue weighted by Crippen LogP contribution is -2.39. The average Bonchev–Trinajstić information content (AvgIpc) is 2.46. The Morgan fingerprint density at radius 1 is 1.00 bits per heavy atom. The van der Waals surface area contributed by atoms with Gasteiger partial charge in [0.15, 0.2) is 23.3 Å². The zero-order valence-corrected chi connectivity index (χ0v) is 11.3. The van der Waals surface area contributed by atoms with E-state index >= 15 is 0 Å². The number of halogens is 4. The van der Waals surface area contributed by atoms with Crippen molar-refractivity contribution < 1.29 is 32.3 Å². The predicted molar refractivity (Wildman–Crippen MR) is 67.1 cm³/mol. The zero-order chi connectivity index (χ0) is 16.4. The molecular weight excluding hydrogens is 306 g/mol. The van der Waals surface area contributed by atoms with Gasteiger partial charge in [0.1, 0.15) is 5.56 Å². The topological polar surface area (TPSA) is 66.4 Å². The molecule has 1 amide bonds. The van der Waals surface area contributed by atoms with Gasteiger partial charge in [-0.1, -0.05) is 0 Å². The van der Waals surface area contributed by atoms with Gasteiger partial charge < -0.3 is 10.4 Å². The highest BCUT2D eigenvalue weighted by atomic mass is 19.2. The molecular formula is C14H13F4NO3. The number of carbonyl (C=O) groups is 2. The number of hydrogen-bond acceptors (Lipinski definition) is 2. The molecule has 0 spiro atoms. The number of nitrogens with one attached hydrogen (secondary N) is 1. The van der Waals surface area contributed by atoms with Crippen LogP contribution in [0, 0.1) is 29.2 Å². The minimum absolute atomic E-state index is 0.0273. The monoisotopic (exact) mass is 319 g/mol. The molecule has 1 saturated carbocycles. The first-order valence-corrected chi connectivity index (χ1v) is 6.68. The maximum Gasteiger partial charge on any atom is 0.306 e. The van der Waals surface area contributed by atoms with E-state index < -0.39 is 52.7 Å². The van der Waals surface area contributed by atoms with Crippen LogP contribution in [-0.2, 0) is 4.79 Å². The van der Waals surface area contributed by atoms with Gasteiger partial charge in [0.2, 0.25) is 0 Å². The van der Waals surface area contributed by atoms with Crippen LogP contribution in [0.3, 0.4) is 0 Å². The van der Waals surface area contributed by atoms with Crippen molar-refractivity contribution in [2.75, 3.05) is 0 Å². The lowest BCUT2D eigenvalue weighted by molar-refractivity contribution is -0.142. The number of carboxylic acids is 1. The minimum atomic E-state index is -1.75.